The predicted molar refractivity (Wildman–Crippen MR) is 143 cm³/mol. The van der Waals surface area contributed by atoms with Crippen LogP contribution in [-0.4, -0.2) is 28.9 Å². The average molecular weight is 492 g/mol. The normalized spacial score (nSPS) is 16.0. The molecule has 3 aromatic rings. The van der Waals surface area contributed by atoms with Gasteiger partial charge in [0.2, 0.25) is 5.91 Å². The highest BCUT2D eigenvalue weighted by atomic mass is 32.1. The van der Waals surface area contributed by atoms with E-state index in [-0.39, 0.29) is 11.8 Å². The molecule has 0 aliphatic carbocycles. The van der Waals surface area contributed by atoms with E-state index < -0.39 is 12.1 Å². The first-order chi connectivity index (χ1) is 16.8. The van der Waals surface area contributed by atoms with Crippen molar-refractivity contribution in [1.82, 2.24) is 4.98 Å². The largest absolute Gasteiger partial charge is 0.478 e. The van der Waals surface area contributed by atoms with E-state index in [0.29, 0.717) is 17.9 Å². The number of hydrogen-bond donors (Lipinski definition) is 1. The number of anilines is 2. The van der Waals surface area contributed by atoms with E-state index in [1.54, 1.807) is 23.2 Å². The van der Waals surface area contributed by atoms with Crippen molar-refractivity contribution < 1.29 is 14.3 Å². The van der Waals surface area contributed by atoms with Gasteiger partial charge >= 0.3 is 0 Å². The first-order valence-electron chi connectivity index (χ1n) is 12.3. The Kier molecular flexibility index (Phi) is 7.26. The van der Waals surface area contributed by atoms with Crippen LogP contribution in [0.2, 0.25) is 0 Å². The molecule has 1 N–H and O–H groups in total. The first kappa shape index (κ1) is 24.9. The van der Waals surface area contributed by atoms with Crippen molar-refractivity contribution in [3.8, 4) is 17.0 Å². The standard InChI is InChI=1S/C28H33N3O3S/c1-7-19-11-10-12-20(8-2)26(19)30-27(32)16(4)31-22-15-21(25-17(5)35-18(6)29-25)13-14-24(22)34-23(9-3)28(31)33/h10-16,23H,7-9H2,1-6H3,(H,30,32). The number of carbonyl (C=O) groups is 2. The molecule has 184 valence electrons. The number of hydrogen-bond acceptors (Lipinski definition) is 5. The number of aryl methyl sites for hydroxylation is 4. The van der Waals surface area contributed by atoms with Gasteiger partial charge in [0.15, 0.2) is 6.10 Å². The summed E-state index contributed by atoms with van der Waals surface area (Å²) in [6.07, 6.45) is 1.52. The number of rotatable bonds is 7. The lowest BCUT2D eigenvalue weighted by molar-refractivity contribution is -0.129. The molecule has 1 aliphatic rings. The lowest BCUT2D eigenvalue weighted by Crippen LogP contribution is -2.53. The van der Waals surface area contributed by atoms with E-state index in [2.05, 4.69) is 24.1 Å². The summed E-state index contributed by atoms with van der Waals surface area (Å²) in [6.45, 7) is 11.9. The fraction of sp³-hybridized carbons (Fsp3) is 0.393. The molecule has 2 unspecified atom stereocenters. The minimum Gasteiger partial charge on any atom is -0.478 e. The number of nitrogens with one attached hydrogen (secondary N) is 1. The summed E-state index contributed by atoms with van der Waals surface area (Å²) in [5.74, 6) is 0.181. The Bertz CT molecular complexity index is 1240. The van der Waals surface area contributed by atoms with Crippen LogP contribution >= 0.6 is 11.3 Å². The molecule has 2 atom stereocenters. The summed E-state index contributed by atoms with van der Waals surface area (Å²) in [7, 11) is 0. The van der Waals surface area contributed by atoms with Crippen LogP contribution in [0.25, 0.3) is 11.3 Å². The van der Waals surface area contributed by atoms with Gasteiger partial charge in [-0.25, -0.2) is 4.98 Å². The third-order valence-electron chi connectivity index (χ3n) is 6.56. The Morgan fingerprint density at radius 3 is 2.40 bits per heavy atom. The van der Waals surface area contributed by atoms with Gasteiger partial charge in [-0.15, -0.1) is 11.3 Å². The van der Waals surface area contributed by atoms with E-state index in [4.69, 9.17) is 4.74 Å². The molecule has 4 rings (SSSR count). The van der Waals surface area contributed by atoms with Gasteiger partial charge in [0.25, 0.3) is 5.91 Å². The highest BCUT2D eigenvalue weighted by Gasteiger charge is 2.39. The summed E-state index contributed by atoms with van der Waals surface area (Å²) in [5.41, 5.74) is 5.42. The minimum atomic E-state index is -0.720. The molecule has 0 saturated carbocycles. The van der Waals surface area contributed by atoms with Crippen LogP contribution in [0.4, 0.5) is 11.4 Å². The second kappa shape index (κ2) is 10.2. The minimum absolute atomic E-state index is 0.203. The van der Waals surface area contributed by atoms with Crippen LogP contribution in [0.15, 0.2) is 36.4 Å². The van der Waals surface area contributed by atoms with E-state index in [1.807, 2.05) is 57.2 Å². The van der Waals surface area contributed by atoms with Crippen molar-refractivity contribution in [2.45, 2.75) is 73.0 Å². The van der Waals surface area contributed by atoms with Crippen molar-refractivity contribution in [2.75, 3.05) is 10.2 Å². The van der Waals surface area contributed by atoms with Crippen LogP contribution in [0.1, 0.15) is 55.1 Å². The number of ether oxygens (including phenoxy) is 1. The Hall–Kier alpha value is -3.19. The van der Waals surface area contributed by atoms with Gasteiger partial charge in [0, 0.05) is 16.1 Å². The summed E-state index contributed by atoms with van der Waals surface area (Å²) in [6, 6.07) is 11.1. The van der Waals surface area contributed by atoms with Gasteiger partial charge in [-0.2, -0.15) is 0 Å². The Labute approximate surface area is 211 Å². The van der Waals surface area contributed by atoms with Gasteiger partial charge in [-0.3, -0.25) is 14.5 Å². The third kappa shape index (κ3) is 4.69. The number of thiazole rings is 1. The fourth-order valence-corrected chi connectivity index (χ4v) is 5.47. The maximum absolute atomic E-state index is 13.6. The smallest absolute Gasteiger partial charge is 0.268 e. The third-order valence-corrected chi connectivity index (χ3v) is 7.45. The molecule has 7 heteroatoms. The maximum Gasteiger partial charge on any atom is 0.268 e. The maximum atomic E-state index is 13.6. The second-order valence-corrected chi connectivity index (χ2v) is 10.3. The van der Waals surface area contributed by atoms with Crippen LogP contribution < -0.4 is 15.0 Å². The number of para-hydroxylation sites is 1. The van der Waals surface area contributed by atoms with Crippen molar-refractivity contribution >= 4 is 34.5 Å². The van der Waals surface area contributed by atoms with Gasteiger partial charge in [0.1, 0.15) is 11.8 Å². The molecule has 0 spiro atoms. The zero-order valence-electron chi connectivity index (χ0n) is 21.3. The van der Waals surface area contributed by atoms with E-state index in [0.717, 1.165) is 50.8 Å². The fourth-order valence-electron chi connectivity index (χ4n) is 4.63. The van der Waals surface area contributed by atoms with Crippen molar-refractivity contribution in [3.05, 3.63) is 57.4 Å². The highest BCUT2D eigenvalue weighted by Crippen LogP contribution is 2.40. The molecule has 0 fully saturated rings. The van der Waals surface area contributed by atoms with E-state index >= 15 is 0 Å². The van der Waals surface area contributed by atoms with Crippen LogP contribution in [-0.2, 0) is 22.4 Å². The molecule has 6 nitrogen and oxygen atoms in total. The summed E-state index contributed by atoms with van der Waals surface area (Å²) in [4.78, 5) is 34.4. The van der Waals surface area contributed by atoms with E-state index in [1.165, 1.54) is 0 Å². The molecule has 2 heterocycles. The topological polar surface area (TPSA) is 71.5 Å². The molecule has 0 saturated heterocycles. The van der Waals surface area contributed by atoms with Gasteiger partial charge in [-0.05, 0) is 69.4 Å². The quantitative estimate of drug-likeness (QED) is 0.435. The lowest BCUT2D eigenvalue weighted by atomic mass is 10.0. The van der Waals surface area contributed by atoms with Crippen LogP contribution in [0.3, 0.4) is 0 Å². The van der Waals surface area contributed by atoms with Crippen molar-refractivity contribution in [3.63, 3.8) is 0 Å². The summed E-state index contributed by atoms with van der Waals surface area (Å²) < 4.78 is 6.03. The number of carbonyl (C=O) groups excluding carboxylic acids is 2. The molecule has 2 amide bonds. The number of nitrogens with zero attached hydrogens (tertiary/aromatic N) is 2. The van der Waals surface area contributed by atoms with Gasteiger partial charge < -0.3 is 10.1 Å². The molecule has 1 aromatic heterocycles. The molecular weight excluding hydrogens is 458 g/mol. The Balaban J connectivity index is 1.73. The molecule has 1 aliphatic heterocycles. The number of amides is 2. The Morgan fingerprint density at radius 2 is 1.83 bits per heavy atom. The van der Waals surface area contributed by atoms with Crippen LogP contribution in [0.5, 0.6) is 5.75 Å². The molecule has 35 heavy (non-hydrogen) atoms. The molecule has 2 aromatic carbocycles. The SMILES string of the molecule is CCc1cccc(CC)c1NC(=O)C(C)N1C(=O)C(CC)Oc2ccc(-c3nc(C)sc3C)cc21. The highest BCUT2D eigenvalue weighted by molar-refractivity contribution is 7.11. The number of aromatic nitrogens is 1. The first-order valence-corrected chi connectivity index (χ1v) is 13.1. The summed E-state index contributed by atoms with van der Waals surface area (Å²) in [5, 5.41) is 4.12. The molecular formula is C28H33N3O3S. The zero-order chi connectivity index (χ0) is 25.3. The number of fused-ring (bicyclic) bond motifs is 1. The predicted octanol–water partition coefficient (Wildman–Crippen LogP) is 6.08. The van der Waals surface area contributed by atoms with Crippen molar-refractivity contribution in [1.29, 1.82) is 0 Å². The van der Waals surface area contributed by atoms with Gasteiger partial charge in [-0.1, -0.05) is 39.0 Å². The Morgan fingerprint density at radius 1 is 1.14 bits per heavy atom. The van der Waals surface area contributed by atoms with Crippen molar-refractivity contribution in [2.24, 2.45) is 0 Å². The second-order valence-electron chi connectivity index (χ2n) is 8.87. The molecule has 0 radical (unpaired) electrons. The molecule has 0 bridgehead atoms. The van der Waals surface area contributed by atoms with Crippen LogP contribution in [0, 0.1) is 13.8 Å². The van der Waals surface area contributed by atoms with Gasteiger partial charge in [0.05, 0.1) is 16.4 Å². The summed E-state index contributed by atoms with van der Waals surface area (Å²) >= 11 is 1.64. The average Bonchev–Trinajstić information content (AvgIpc) is 3.20. The zero-order valence-corrected chi connectivity index (χ0v) is 22.1. The van der Waals surface area contributed by atoms with E-state index in [9.17, 15) is 9.59 Å². The number of benzene rings is 2. The monoisotopic (exact) mass is 491 g/mol. The lowest BCUT2D eigenvalue weighted by Gasteiger charge is -2.37.